The van der Waals surface area contributed by atoms with Crippen LogP contribution in [0.5, 0.6) is 0 Å². The number of anilines is 1. The van der Waals surface area contributed by atoms with Crippen molar-refractivity contribution in [2.45, 2.75) is 20.0 Å². The fourth-order valence-corrected chi connectivity index (χ4v) is 1.20. The molecule has 88 valence electrons. The van der Waals surface area contributed by atoms with Gasteiger partial charge in [0.25, 0.3) is 0 Å². The first-order valence-corrected chi connectivity index (χ1v) is 5.09. The van der Waals surface area contributed by atoms with Crippen molar-refractivity contribution in [2.75, 3.05) is 18.5 Å². The van der Waals surface area contributed by atoms with E-state index in [0.29, 0.717) is 13.2 Å². The van der Waals surface area contributed by atoms with Crippen molar-refractivity contribution < 1.29 is 9.66 Å². The van der Waals surface area contributed by atoms with Gasteiger partial charge in [-0.2, -0.15) is 0 Å². The minimum atomic E-state index is -0.521. The zero-order valence-electron chi connectivity index (χ0n) is 9.34. The van der Waals surface area contributed by atoms with E-state index in [1.807, 2.05) is 13.8 Å². The average Bonchev–Trinajstić information content (AvgIpc) is 2.27. The molecule has 0 saturated carbocycles. The number of nitro groups is 1. The third kappa shape index (κ3) is 3.82. The Bertz CT molecular complexity index is 340. The first-order valence-electron chi connectivity index (χ1n) is 5.09. The van der Waals surface area contributed by atoms with Crippen LogP contribution in [0.2, 0.25) is 0 Å². The van der Waals surface area contributed by atoms with E-state index in [1.165, 1.54) is 12.3 Å². The maximum absolute atomic E-state index is 10.4. The molecule has 0 fully saturated rings. The summed E-state index contributed by atoms with van der Waals surface area (Å²) in [5.74, 6) is -0.150. The third-order valence-electron chi connectivity index (χ3n) is 1.98. The van der Waals surface area contributed by atoms with Gasteiger partial charge in [-0.1, -0.05) is 0 Å². The lowest BCUT2D eigenvalue weighted by Gasteiger charge is -2.12. The van der Waals surface area contributed by atoms with E-state index in [0.717, 1.165) is 5.69 Å². The molecular formula is C10H15N3O3. The van der Waals surface area contributed by atoms with Crippen LogP contribution in [-0.4, -0.2) is 29.2 Å². The SMILES string of the molecule is CCOC(C)CNc1ccc([N+](=O)[O-])nc1. The van der Waals surface area contributed by atoms with Gasteiger partial charge in [0.2, 0.25) is 0 Å². The Kier molecular flexibility index (Phi) is 4.65. The molecule has 0 aliphatic carbocycles. The van der Waals surface area contributed by atoms with Gasteiger partial charge in [-0.25, -0.2) is 0 Å². The number of hydrogen-bond donors (Lipinski definition) is 1. The molecule has 16 heavy (non-hydrogen) atoms. The van der Waals surface area contributed by atoms with Gasteiger partial charge in [0.05, 0.1) is 11.8 Å². The summed E-state index contributed by atoms with van der Waals surface area (Å²) in [4.78, 5) is 13.5. The molecule has 1 N–H and O–H groups in total. The van der Waals surface area contributed by atoms with Gasteiger partial charge in [0.15, 0.2) is 6.20 Å². The number of hydrogen-bond acceptors (Lipinski definition) is 5. The van der Waals surface area contributed by atoms with Gasteiger partial charge in [-0.15, -0.1) is 0 Å². The van der Waals surface area contributed by atoms with E-state index in [1.54, 1.807) is 6.07 Å². The van der Waals surface area contributed by atoms with Crippen molar-refractivity contribution in [1.82, 2.24) is 4.98 Å². The molecule has 0 saturated heterocycles. The second-order valence-corrected chi connectivity index (χ2v) is 3.31. The smallest absolute Gasteiger partial charge is 0.363 e. The molecule has 0 aliphatic heterocycles. The Hall–Kier alpha value is -1.69. The van der Waals surface area contributed by atoms with Gasteiger partial charge in [-0.05, 0) is 29.8 Å². The molecule has 1 rings (SSSR count). The van der Waals surface area contributed by atoms with Crippen LogP contribution in [-0.2, 0) is 4.74 Å². The third-order valence-corrected chi connectivity index (χ3v) is 1.98. The lowest BCUT2D eigenvalue weighted by Crippen LogP contribution is -2.19. The Morgan fingerprint density at radius 3 is 2.88 bits per heavy atom. The van der Waals surface area contributed by atoms with Crippen molar-refractivity contribution in [1.29, 1.82) is 0 Å². The van der Waals surface area contributed by atoms with Crippen molar-refractivity contribution in [2.24, 2.45) is 0 Å². The molecular weight excluding hydrogens is 210 g/mol. The fraction of sp³-hybridized carbons (Fsp3) is 0.500. The van der Waals surface area contributed by atoms with E-state index in [-0.39, 0.29) is 11.9 Å². The number of aromatic nitrogens is 1. The molecule has 1 atom stereocenters. The summed E-state index contributed by atoms with van der Waals surface area (Å²) < 4.78 is 5.33. The molecule has 0 amide bonds. The monoisotopic (exact) mass is 225 g/mol. The van der Waals surface area contributed by atoms with E-state index < -0.39 is 4.92 Å². The van der Waals surface area contributed by atoms with E-state index in [2.05, 4.69) is 10.3 Å². The van der Waals surface area contributed by atoms with Crippen LogP contribution in [0.4, 0.5) is 11.5 Å². The van der Waals surface area contributed by atoms with Crippen LogP contribution < -0.4 is 5.32 Å². The number of rotatable bonds is 6. The van der Waals surface area contributed by atoms with Crippen LogP contribution in [0.25, 0.3) is 0 Å². The highest BCUT2D eigenvalue weighted by molar-refractivity contribution is 5.43. The maximum atomic E-state index is 10.4. The fourth-order valence-electron chi connectivity index (χ4n) is 1.20. The normalized spacial score (nSPS) is 12.1. The summed E-state index contributed by atoms with van der Waals surface area (Å²) in [5, 5.41) is 13.5. The standard InChI is InChI=1S/C10H15N3O3/c1-3-16-8(2)6-11-9-4-5-10(12-7-9)13(14)15/h4-5,7-8,11H,3,6H2,1-2H3. The van der Waals surface area contributed by atoms with Gasteiger partial charge in [-0.3, -0.25) is 0 Å². The minimum Gasteiger partial charge on any atom is -0.379 e. The zero-order chi connectivity index (χ0) is 12.0. The van der Waals surface area contributed by atoms with E-state index >= 15 is 0 Å². The van der Waals surface area contributed by atoms with Crippen molar-refractivity contribution in [3.63, 3.8) is 0 Å². The van der Waals surface area contributed by atoms with Crippen molar-refractivity contribution in [3.8, 4) is 0 Å². The predicted molar refractivity (Wildman–Crippen MR) is 60.5 cm³/mol. The number of pyridine rings is 1. The lowest BCUT2D eigenvalue weighted by molar-refractivity contribution is -0.389. The summed E-state index contributed by atoms with van der Waals surface area (Å²) in [5.41, 5.74) is 0.747. The number of nitrogens with one attached hydrogen (secondary N) is 1. The molecule has 6 nitrogen and oxygen atoms in total. The lowest BCUT2D eigenvalue weighted by atomic mass is 10.3. The quantitative estimate of drug-likeness (QED) is 0.590. The Morgan fingerprint density at radius 2 is 2.38 bits per heavy atom. The molecule has 1 heterocycles. The van der Waals surface area contributed by atoms with E-state index in [9.17, 15) is 10.1 Å². The topological polar surface area (TPSA) is 77.3 Å². The molecule has 0 radical (unpaired) electrons. The molecule has 0 aromatic carbocycles. The second kappa shape index (κ2) is 6.02. The highest BCUT2D eigenvalue weighted by Gasteiger charge is 2.06. The summed E-state index contributed by atoms with van der Waals surface area (Å²) in [6.07, 6.45) is 1.54. The first kappa shape index (κ1) is 12.4. The van der Waals surface area contributed by atoms with Crippen molar-refractivity contribution >= 4 is 11.5 Å². The summed E-state index contributed by atoms with van der Waals surface area (Å²) >= 11 is 0. The van der Waals surface area contributed by atoms with Gasteiger partial charge in [0, 0.05) is 19.2 Å². The van der Waals surface area contributed by atoms with E-state index in [4.69, 9.17) is 4.74 Å². The van der Waals surface area contributed by atoms with Gasteiger partial charge < -0.3 is 20.2 Å². The zero-order valence-corrected chi connectivity index (χ0v) is 9.34. The molecule has 6 heteroatoms. The van der Waals surface area contributed by atoms with Gasteiger partial charge in [0.1, 0.15) is 0 Å². The minimum absolute atomic E-state index is 0.0974. The number of ether oxygens (including phenoxy) is 1. The average molecular weight is 225 g/mol. The first-order chi connectivity index (χ1) is 7.63. The molecule has 0 bridgehead atoms. The summed E-state index contributed by atoms with van der Waals surface area (Å²) in [6, 6.07) is 3.00. The summed E-state index contributed by atoms with van der Waals surface area (Å²) in [6.45, 7) is 5.20. The molecule has 0 aliphatic rings. The molecule has 1 aromatic heterocycles. The second-order valence-electron chi connectivity index (χ2n) is 3.31. The summed E-state index contributed by atoms with van der Waals surface area (Å²) in [7, 11) is 0. The molecule has 0 spiro atoms. The largest absolute Gasteiger partial charge is 0.379 e. The Balaban J connectivity index is 2.46. The van der Waals surface area contributed by atoms with Crippen molar-refractivity contribution in [3.05, 3.63) is 28.4 Å². The van der Waals surface area contributed by atoms with Crippen LogP contribution in [0.15, 0.2) is 18.3 Å². The Morgan fingerprint density at radius 1 is 1.62 bits per heavy atom. The molecule has 1 unspecified atom stereocenters. The van der Waals surface area contributed by atoms with Crippen LogP contribution in [0, 0.1) is 10.1 Å². The highest BCUT2D eigenvalue weighted by Crippen LogP contribution is 2.11. The van der Waals surface area contributed by atoms with Crippen LogP contribution in [0.3, 0.4) is 0 Å². The highest BCUT2D eigenvalue weighted by atomic mass is 16.6. The van der Waals surface area contributed by atoms with Gasteiger partial charge >= 0.3 is 5.82 Å². The van der Waals surface area contributed by atoms with Crippen LogP contribution >= 0.6 is 0 Å². The predicted octanol–water partition coefficient (Wildman–Crippen LogP) is 1.83. The van der Waals surface area contributed by atoms with Crippen LogP contribution in [0.1, 0.15) is 13.8 Å². The maximum Gasteiger partial charge on any atom is 0.363 e. The molecule has 1 aromatic rings. The number of nitrogens with zero attached hydrogens (tertiary/aromatic N) is 2. The Labute approximate surface area is 93.8 Å².